The minimum Gasteiger partial charge on any atom is -0.336 e. The van der Waals surface area contributed by atoms with Crippen LogP contribution in [-0.2, 0) is 0 Å². The Balaban J connectivity index is 1.80. The van der Waals surface area contributed by atoms with Gasteiger partial charge in [-0.05, 0) is 40.9 Å². The normalized spacial score (nSPS) is 14.4. The largest absolute Gasteiger partial charge is 0.336 e. The Morgan fingerprint density at radius 1 is 0.923 bits per heavy atom. The van der Waals surface area contributed by atoms with Gasteiger partial charge in [-0.15, -0.1) is 0 Å². The third kappa shape index (κ3) is 2.67. The predicted molar refractivity (Wildman–Crippen MR) is 105 cm³/mol. The van der Waals surface area contributed by atoms with Crippen molar-refractivity contribution in [2.24, 2.45) is 0 Å². The first-order chi connectivity index (χ1) is 12.8. The molecule has 0 aliphatic carbocycles. The summed E-state index contributed by atoms with van der Waals surface area (Å²) in [4.78, 5) is 7.21. The SMILES string of the molecule is Clc1ccc(-c2nc(N3CCCC3)n[n+]3cc4ccccc4cc23)cc1. The molecule has 4 aromatic rings. The van der Waals surface area contributed by atoms with Crippen molar-refractivity contribution in [1.82, 2.24) is 10.1 Å². The molecule has 5 heteroatoms. The van der Waals surface area contributed by atoms with E-state index in [1.54, 1.807) is 0 Å². The molecule has 1 saturated heterocycles. The van der Waals surface area contributed by atoms with Gasteiger partial charge in [-0.1, -0.05) is 41.9 Å². The van der Waals surface area contributed by atoms with Crippen LogP contribution in [0.1, 0.15) is 12.8 Å². The molecule has 3 heterocycles. The maximum absolute atomic E-state index is 6.08. The summed E-state index contributed by atoms with van der Waals surface area (Å²) < 4.78 is 1.97. The predicted octanol–water partition coefficient (Wildman–Crippen LogP) is 4.29. The van der Waals surface area contributed by atoms with Crippen molar-refractivity contribution < 1.29 is 4.52 Å². The number of fused-ring (bicyclic) bond motifs is 2. The van der Waals surface area contributed by atoms with Gasteiger partial charge in [-0.25, -0.2) is 4.98 Å². The molecule has 0 bridgehead atoms. The number of nitrogens with zero attached hydrogens (tertiary/aromatic N) is 4. The van der Waals surface area contributed by atoms with Gasteiger partial charge in [0.25, 0.3) is 11.5 Å². The fourth-order valence-electron chi connectivity index (χ4n) is 3.58. The average Bonchev–Trinajstić information content (AvgIpc) is 3.21. The van der Waals surface area contributed by atoms with Crippen LogP contribution >= 0.6 is 11.6 Å². The Labute approximate surface area is 156 Å². The van der Waals surface area contributed by atoms with Gasteiger partial charge < -0.3 is 4.90 Å². The number of hydrogen-bond acceptors (Lipinski definition) is 3. The van der Waals surface area contributed by atoms with E-state index < -0.39 is 0 Å². The van der Waals surface area contributed by atoms with Crippen molar-refractivity contribution in [3.8, 4) is 11.3 Å². The Kier molecular flexibility index (Phi) is 3.71. The van der Waals surface area contributed by atoms with Crippen LogP contribution in [0.25, 0.3) is 27.5 Å². The highest BCUT2D eigenvalue weighted by molar-refractivity contribution is 6.30. The molecule has 1 aliphatic heterocycles. The lowest BCUT2D eigenvalue weighted by Crippen LogP contribution is -2.33. The van der Waals surface area contributed by atoms with Crippen LogP contribution in [-0.4, -0.2) is 23.2 Å². The van der Waals surface area contributed by atoms with Crippen molar-refractivity contribution in [2.75, 3.05) is 18.0 Å². The number of rotatable bonds is 2. The third-order valence-corrected chi connectivity index (χ3v) is 5.21. The zero-order valence-electron chi connectivity index (χ0n) is 14.3. The maximum atomic E-state index is 6.08. The van der Waals surface area contributed by atoms with E-state index in [9.17, 15) is 0 Å². The van der Waals surface area contributed by atoms with Gasteiger partial charge in [0, 0.05) is 40.2 Å². The molecule has 0 radical (unpaired) electrons. The number of anilines is 1. The van der Waals surface area contributed by atoms with E-state index in [4.69, 9.17) is 21.7 Å². The Hall–Kier alpha value is -2.72. The summed E-state index contributed by atoms with van der Waals surface area (Å²) in [5, 5.41) is 7.89. The molecule has 0 N–H and O–H groups in total. The third-order valence-electron chi connectivity index (χ3n) is 4.95. The van der Waals surface area contributed by atoms with Crippen molar-refractivity contribution in [2.45, 2.75) is 12.8 Å². The summed E-state index contributed by atoms with van der Waals surface area (Å²) in [5.74, 6) is 0.792. The smallest absolute Gasteiger partial charge is 0.292 e. The molecule has 0 saturated carbocycles. The summed E-state index contributed by atoms with van der Waals surface area (Å²) in [6, 6.07) is 18.4. The van der Waals surface area contributed by atoms with E-state index in [0.717, 1.165) is 46.2 Å². The molecule has 1 fully saturated rings. The van der Waals surface area contributed by atoms with E-state index >= 15 is 0 Å². The van der Waals surface area contributed by atoms with Gasteiger partial charge in [-0.2, -0.15) is 0 Å². The molecule has 26 heavy (non-hydrogen) atoms. The molecule has 1 aliphatic rings. The molecule has 0 atom stereocenters. The molecule has 0 spiro atoms. The molecule has 2 aromatic carbocycles. The lowest BCUT2D eigenvalue weighted by atomic mass is 10.1. The lowest BCUT2D eigenvalue weighted by molar-refractivity contribution is -0.578. The van der Waals surface area contributed by atoms with Crippen LogP contribution < -0.4 is 9.42 Å². The second-order valence-electron chi connectivity index (χ2n) is 6.69. The number of aromatic nitrogens is 3. The van der Waals surface area contributed by atoms with Gasteiger partial charge in [0.1, 0.15) is 5.69 Å². The van der Waals surface area contributed by atoms with Crippen LogP contribution in [0.5, 0.6) is 0 Å². The van der Waals surface area contributed by atoms with E-state index in [2.05, 4.69) is 41.4 Å². The number of hydrogen-bond donors (Lipinski definition) is 0. The van der Waals surface area contributed by atoms with Crippen molar-refractivity contribution in [3.63, 3.8) is 0 Å². The molecular weight excluding hydrogens is 344 g/mol. The zero-order chi connectivity index (χ0) is 17.5. The second kappa shape index (κ2) is 6.22. The minimum absolute atomic E-state index is 0.727. The van der Waals surface area contributed by atoms with Gasteiger partial charge in [-0.3, -0.25) is 0 Å². The first-order valence-electron chi connectivity index (χ1n) is 8.91. The molecule has 5 rings (SSSR count). The van der Waals surface area contributed by atoms with Crippen LogP contribution in [0.15, 0.2) is 60.8 Å². The van der Waals surface area contributed by atoms with E-state index in [-0.39, 0.29) is 0 Å². The Bertz CT molecular complexity index is 1100. The summed E-state index contributed by atoms with van der Waals surface area (Å²) in [6.07, 6.45) is 4.48. The van der Waals surface area contributed by atoms with Gasteiger partial charge >= 0.3 is 0 Å². The fourth-order valence-corrected chi connectivity index (χ4v) is 3.71. The quantitative estimate of drug-likeness (QED) is 0.394. The molecule has 0 unspecified atom stereocenters. The van der Waals surface area contributed by atoms with Gasteiger partial charge in [0.15, 0.2) is 0 Å². The highest BCUT2D eigenvalue weighted by Gasteiger charge is 2.23. The zero-order valence-corrected chi connectivity index (χ0v) is 15.0. The van der Waals surface area contributed by atoms with E-state index in [1.807, 2.05) is 28.8 Å². The van der Waals surface area contributed by atoms with Gasteiger partial charge in [0.05, 0.1) is 0 Å². The van der Waals surface area contributed by atoms with Crippen molar-refractivity contribution in [1.29, 1.82) is 0 Å². The van der Waals surface area contributed by atoms with Crippen LogP contribution in [0.2, 0.25) is 5.02 Å². The van der Waals surface area contributed by atoms with E-state index in [1.165, 1.54) is 18.2 Å². The highest BCUT2D eigenvalue weighted by atomic mass is 35.5. The highest BCUT2D eigenvalue weighted by Crippen LogP contribution is 2.26. The first-order valence-corrected chi connectivity index (χ1v) is 9.29. The topological polar surface area (TPSA) is 33.1 Å². The van der Waals surface area contributed by atoms with Crippen molar-refractivity contribution in [3.05, 3.63) is 65.8 Å². The fraction of sp³-hybridized carbons (Fsp3) is 0.190. The average molecular weight is 362 g/mol. The van der Waals surface area contributed by atoms with Crippen molar-refractivity contribution >= 4 is 33.8 Å². The maximum Gasteiger partial charge on any atom is 0.292 e. The number of benzene rings is 2. The molecule has 2 aromatic heterocycles. The first kappa shape index (κ1) is 15.5. The van der Waals surface area contributed by atoms with Crippen LogP contribution in [0.4, 0.5) is 5.95 Å². The summed E-state index contributed by atoms with van der Waals surface area (Å²) in [6.45, 7) is 2.03. The standard InChI is InChI=1S/C21H18ClN4/c22-18-9-7-15(8-10-18)20-19-13-16-5-1-2-6-17(16)14-26(19)24-21(23-20)25-11-3-4-12-25/h1-2,5-10,13-14H,3-4,11-12H2/q+1. The Morgan fingerprint density at radius 2 is 1.65 bits per heavy atom. The lowest BCUT2D eigenvalue weighted by Gasteiger charge is -2.14. The summed E-state index contributed by atoms with van der Waals surface area (Å²) in [5.41, 5.74) is 2.98. The van der Waals surface area contributed by atoms with Gasteiger partial charge in [0.2, 0.25) is 6.20 Å². The van der Waals surface area contributed by atoms with E-state index in [0.29, 0.717) is 0 Å². The molecule has 0 amide bonds. The molecule has 4 nitrogen and oxygen atoms in total. The second-order valence-corrected chi connectivity index (χ2v) is 7.13. The number of halogens is 1. The molecular formula is C21H18ClN4+. The minimum atomic E-state index is 0.727. The van der Waals surface area contributed by atoms with Crippen LogP contribution in [0, 0.1) is 0 Å². The molecule has 128 valence electrons. The number of pyridine rings is 1. The van der Waals surface area contributed by atoms with Crippen LogP contribution in [0.3, 0.4) is 0 Å². The monoisotopic (exact) mass is 361 g/mol. The Morgan fingerprint density at radius 3 is 2.42 bits per heavy atom. The summed E-state index contributed by atoms with van der Waals surface area (Å²) in [7, 11) is 0. The summed E-state index contributed by atoms with van der Waals surface area (Å²) >= 11 is 6.08.